The fraction of sp³-hybridized carbons (Fsp3) is 0.583. The van der Waals surface area contributed by atoms with E-state index in [1.54, 1.807) is 6.20 Å². The van der Waals surface area contributed by atoms with E-state index in [4.69, 9.17) is 21.1 Å². The average Bonchev–Trinajstić information content (AvgIpc) is 2.79. The summed E-state index contributed by atoms with van der Waals surface area (Å²) in [6.45, 7) is 1.59. The van der Waals surface area contributed by atoms with Crippen LogP contribution >= 0.6 is 11.6 Å². The Balaban J connectivity index is 1.66. The molecule has 0 N–H and O–H groups in total. The van der Waals surface area contributed by atoms with Crippen LogP contribution in [0.3, 0.4) is 0 Å². The van der Waals surface area contributed by atoms with Gasteiger partial charge in [-0.25, -0.2) is 4.98 Å². The van der Waals surface area contributed by atoms with Gasteiger partial charge in [0.2, 0.25) is 0 Å². The van der Waals surface area contributed by atoms with Crippen LogP contribution in [0, 0.1) is 0 Å². The lowest BCUT2D eigenvalue weighted by Gasteiger charge is -2.10. The number of halogens is 1. The van der Waals surface area contributed by atoms with Crippen LogP contribution in [0.5, 0.6) is 5.75 Å². The lowest BCUT2D eigenvalue weighted by molar-refractivity contribution is 0.0981. The molecule has 88 valence electrons. The highest BCUT2D eigenvalue weighted by atomic mass is 35.5. The van der Waals surface area contributed by atoms with Gasteiger partial charge in [-0.05, 0) is 37.8 Å². The molecule has 3 nitrogen and oxygen atoms in total. The molecule has 1 fully saturated rings. The summed E-state index contributed by atoms with van der Waals surface area (Å²) in [5, 5.41) is 0.430. The summed E-state index contributed by atoms with van der Waals surface area (Å²) in [6.07, 6.45) is 6.54. The Labute approximate surface area is 101 Å². The standard InChI is InChI=1S/C12H16ClNO2/c13-12-11(6-1-7-14-12)16-9-3-5-10-4-2-8-15-10/h1,6-7,10H,2-5,8-9H2. The summed E-state index contributed by atoms with van der Waals surface area (Å²) >= 11 is 5.87. The van der Waals surface area contributed by atoms with Crippen molar-refractivity contribution in [2.75, 3.05) is 13.2 Å². The predicted octanol–water partition coefficient (Wildman–Crippen LogP) is 3.07. The van der Waals surface area contributed by atoms with E-state index in [0.29, 0.717) is 23.6 Å². The van der Waals surface area contributed by atoms with Crippen LogP contribution in [-0.2, 0) is 4.74 Å². The van der Waals surface area contributed by atoms with E-state index in [-0.39, 0.29) is 0 Å². The van der Waals surface area contributed by atoms with Crippen molar-refractivity contribution >= 4 is 11.6 Å². The van der Waals surface area contributed by atoms with E-state index in [1.165, 1.54) is 12.8 Å². The van der Waals surface area contributed by atoms with E-state index in [2.05, 4.69) is 4.98 Å². The zero-order chi connectivity index (χ0) is 11.2. The van der Waals surface area contributed by atoms with E-state index >= 15 is 0 Å². The van der Waals surface area contributed by atoms with Gasteiger partial charge in [0, 0.05) is 12.8 Å². The molecular weight excluding hydrogens is 226 g/mol. The van der Waals surface area contributed by atoms with Gasteiger partial charge in [0.1, 0.15) is 0 Å². The molecule has 2 heterocycles. The third-order valence-electron chi connectivity index (χ3n) is 2.68. The number of rotatable bonds is 5. The number of pyridine rings is 1. The molecule has 4 heteroatoms. The highest BCUT2D eigenvalue weighted by molar-refractivity contribution is 6.30. The second-order valence-electron chi connectivity index (χ2n) is 3.92. The summed E-state index contributed by atoms with van der Waals surface area (Å²) in [7, 11) is 0. The maximum absolute atomic E-state index is 5.87. The third-order valence-corrected chi connectivity index (χ3v) is 2.96. The molecule has 0 saturated carbocycles. The molecule has 1 saturated heterocycles. The van der Waals surface area contributed by atoms with Crippen LogP contribution in [0.15, 0.2) is 18.3 Å². The van der Waals surface area contributed by atoms with Crippen molar-refractivity contribution in [1.29, 1.82) is 0 Å². The molecule has 0 radical (unpaired) electrons. The Bertz CT molecular complexity index is 327. The van der Waals surface area contributed by atoms with Crippen LogP contribution < -0.4 is 4.74 Å². The second kappa shape index (κ2) is 6.06. The summed E-state index contributed by atoms with van der Waals surface area (Å²) in [5.74, 6) is 0.663. The molecule has 1 aromatic heterocycles. The third kappa shape index (κ3) is 3.35. The SMILES string of the molecule is Clc1ncccc1OCCCC1CCCO1. The zero-order valence-corrected chi connectivity index (χ0v) is 9.95. The van der Waals surface area contributed by atoms with Crippen LogP contribution in [0.25, 0.3) is 0 Å². The molecule has 0 spiro atoms. The van der Waals surface area contributed by atoms with Crippen LogP contribution in [0.2, 0.25) is 5.15 Å². The summed E-state index contributed by atoms with van der Waals surface area (Å²) < 4.78 is 11.1. The summed E-state index contributed by atoms with van der Waals surface area (Å²) in [6, 6.07) is 3.66. The van der Waals surface area contributed by atoms with Crippen molar-refractivity contribution < 1.29 is 9.47 Å². The zero-order valence-electron chi connectivity index (χ0n) is 9.19. The molecule has 1 unspecified atom stereocenters. The number of hydrogen-bond acceptors (Lipinski definition) is 3. The molecule has 1 aliphatic rings. The maximum atomic E-state index is 5.87. The van der Waals surface area contributed by atoms with E-state index in [1.807, 2.05) is 12.1 Å². The van der Waals surface area contributed by atoms with Crippen molar-refractivity contribution in [2.45, 2.75) is 31.8 Å². The van der Waals surface area contributed by atoms with Crippen molar-refractivity contribution in [1.82, 2.24) is 4.98 Å². The molecule has 1 aromatic rings. The van der Waals surface area contributed by atoms with Gasteiger partial charge in [0.05, 0.1) is 12.7 Å². The lowest BCUT2D eigenvalue weighted by atomic mass is 10.1. The van der Waals surface area contributed by atoms with Crippen molar-refractivity contribution in [2.24, 2.45) is 0 Å². The highest BCUT2D eigenvalue weighted by Crippen LogP contribution is 2.21. The average molecular weight is 242 g/mol. The Kier molecular flexibility index (Phi) is 4.43. The fourth-order valence-corrected chi connectivity index (χ4v) is 2.02. The molecule has 1 aliphatic heterocycles. The lowest BCUT2D eigenvalue weighted by Crippen LogP contribution is -2.07. The van der Waals surface area contributed by atoms with E-state index < -0.39 is 0 Å². The Morgan fingerprint density at radius 3 is 3.25 bits per heavy atom. The first-order chi connectivity index (χ1) is 7.86. The van der Waals surface area contributed by atoms with Crippen LogP contribution in [-0.4, -0.2) is 24.3 Å². The van der Waals surface area contributed by atoms with Gasteiger partial charge < -0.3 is 9.47 Å². The predicted molar refractivity (Wildman–Crippen MR) is 63.0 cm³/mol. The van der Waals surface area contributed by atoms with Crippen molar-refractivity contribution in [3.8, 4) is 5.75 Å². The molecule has 0 aromatic carbocycles. The number of ether oxygens (including phenoxy) is 2. The minimum absolute atomic E-state index is 0.430. The maximum Gasteiger partial charge on any atom is 0.171 e. The molecule has 0 bridgehead atoms. The monoisotopic (exact) mass is 241 g/mol. The Hall–Kier alpha value is -0.800. The number of nitrogens with zero attached hydrogens (tertiary/aromatic N) is 1. The first-order valence-corrected chi connectivity index (χ1v) is 6.09. The second-order valence-corrected chi connectivity index (χ2v) is 4.28. The smallest absolute Gasteiger partial charge is 0.171 e. The van der Waals surface area contributed by atoms with Gasteiger partial charge in [-0.1, -0.05) is 11.6 Å². The molecule has 0 amide bonds. The number of aromatic nitrogens is 1. The van der Waals surface area contributed by atoms with Crippen molar-refractivity contribution in [3.63, 3.8) is 0 Å². The van der Waals surface area contributed by atoms with Crippen molar-refractivity contribution in [3.05, 3.63) is 23.5 Å². The quantitative estimate of drug-likeness (QED) is 0.587. The highest BCUT2D eigenvalue weighted by Gasteiger charge is 2.14. The van der Waals surface area contributed by atoms with E-state index in [0.717, 1.165) is 19.4 Å². The van der Waals surface area contributed by atoms with Gasteiger partial charge in [0.25, 0.3) is 0 Å². The van der Waals surface area contributed by atoms with Gasteiger partial charge in [-0.3, -0.25) is 0 Å². The Morgan fingerprint density at radius 2 is 2.50 bits per heavy atom. The minimum Gasteiger partial charge on any atom is -0.490 e. The minimum atomic E-state index is 0.430. The van der Waals surface area contributed by atoms with Crippen LogP contribution in [0.1, 0.15) is 25.7 Å². The van der Waals surface area contributed by atoms with Crippen LogP contribution in [0.4, 0.5) is 0 Å². The van der Waals surface area contributed by atoms with Gasteiger partial charge in [-0.15, -0.1) is 0 Å². The topological polar surface area (TPSA) is 31.4 Å². The molecule has 0 aliphatic carbocycles. The fourth-order valence-electron chi connectivity index (χ4n) is 1.84. The molecule has 16 heavy (non-hydrogen) atoms. The first kappa shape index (κ1) is 11.7. The summed E-state index contributed by atoms with van der Waals surface area (Å²) in [4.78, 5) is 3.95. The molecule has 2 rings (SSSR count). The van der Waals surface area contributed by atoms with Gasteiger partial charge in [0.15, 0.2) is 10.9 Å². The van der Waals surface area contributed by atoms with Gasteiger partial charge in [-0.2, -0.15) is 0 Å². The number of hydrogen-bond donors (Lipinski definition) is 0. The normalized spacial score (nSPS) is 19.9. The van der Waals surface area contributed by atoms with E-state index in [9.17, 15) is 0 Å². The molecular formula is C12H16ClNO2. The Morgan fingerprint density at radius 1 is 1.56 bits per heavy atom. The largest absolute Gasteiger partial charge is 0.490 e. The molecule has 1 atom stereocenters. The van der Waals surface area contributed by atoms with Gasteiger partial charge >= 0.3 is 0 Å². The summed E-state index contributed by atoms with van der Waals surface area (Å²) in [5.41, 5.74) is 0. The first-order valence-electron chi connectivity index (χ1n) is 5.71.